The molecule has 0 aromatic carbocycles. The number of hydrogen-bond acceptors (Lipinski definition) is 2. The Labute approximate surface area is 107 Å². The molecule has 0 saturated carbocycles. The van der Waals surface area contributed by atoms with Gasteiger partial charge in [0.1, 0.15) is 0 Å². The predicted octanol–water partition coefficient (Wildman–Crippen LogP) is 3.24. The molecule has 0 aliphatic carbocycles. The summed E-state index contributed by atoms with van der Waals surface area (Å²) in [6, 6.07) is 1.21. The summed E-state index contributed by atoms with van der Waals surface area (Å²) in [5, 5.41) is 7.50. The Kier molecular flexibility index (Phi) is 4.79. The molecule has 2 N–H and O–H groups in total. The van der Waals surface area contributed by atoms with E-state index in [1.807, 2.05) is 6.08 Å². The molecule has 17 heavy (non-hydrogen) atoms. The molecule has 1 unspecified atom stereocenters. The van der Waals surface area contributed by atoms with E-state index in [9.17, 15) is 0 Å². The van der Waals surface area contributed by atoms with Crippen LogP contribution in [0, 0.1) is 0 Å². The van der Waals surface area contributed by atoms with Gasteiger partial charge in [-0.25, -0.2) is 0 Å². The van der Waals surface area contributed by atoms with Crippen molar-refractivity contribution in [2.75, 3.05) is 0 Å². The minimum absolute atomic E-state index is 0.234. The summed E-state index contributed by atoms with van der Waals surface area (Å²) in [7, 11) is 0. The predicted molar refractivity (Wildman–Crippen MR) is 76.3 cm³/mol. The Balaban J connectivity index is 2.50. The second-order valence-corrected chi connectivity index (χ2v) is 6.93. The van der Waals surface area contributed by atoms with Crippen molar-refractivity contribution in [1.29, 1.82) is 0 Å². The van der Waals surface area contributed by atoms with Crippen LogP contribution in [0.2, 0.25) is 0 Å². The van der Waals surface area contributed by atoms with Crippen LogP contribution in [0.3, 0.4) is 0 Å². The van der Waals surface area contributed by atoms with Gasteiger partial charge in [-0.2, -0.15) is 0 Å². The average Bonchev–Trinajstić information content (AvgIpc) is 2.09. The van der Waals surface area contributed by atoms with Crippen LogP contribution in [0.15, 0.2) is 12.7 Å². The van der Waals surface area contributed by atoms with Gasteiger partial charge >= 0.3 is 0 Å². The molecule has 1 fully saturated rings. The molecule has 1 aliphatic heterocycles. The molecule has 0 aromatic rings. The lowest BCUT2D eigenvalue weighted by Crippen LogP contribution is -2.62. The fourth-order valence-corrected chi connectivity index (χ4v) is 3.29. The van der Waals surface area contributed by atoms with Crippen molar-refractivity contribution < 1.29 is 0 Å². The van der Waals surface area contributed by atoms with Crippen LogP contribution in [0.25, 0.3) is 0 Å². The van der Waals surface area contributed by atoms with Gasteiger partial charge < -0.3 is 10.6 Å². The third-order valence-corrected chi connectivity index (χ3v) is 3.51. The minimum atomic E-state index is 0.234. The average molecular weight is 238 g/mol. The van der Waals surface area contributed by atoms with Crippen LogP contribution >= 0.6 is 0 Å². The highest BCUT2D eigenvalue weighted by Crippen LogP contribution is 2.28. The molecule has 1 aliphatic rings. The zero-order valence-electron chi connectivity index (χ0n) is 12.3. The van der Waals surface area contributed by atoms with Crippen molar-refractivity contribution >= 4 is 0 Å². The molecule has 0 bridgehead atoms. The van der Waals surface area contributed by atoms with Crippen molar-refractivity contribution in [2.24, 2.45) is 0 Å². The maximum atomic E-state index is 3.79. The van der Waals surface area contributed by atoms with Gasteiger partial charge in [0.05, 0.1) is 0 Å². The van der Waals surface area contributed by atoms with E-state index < -0.39 is 0 Å². The first kappa shape index (κ1) is 14.7. The summed E-state index contributed by atoms with van der Waals surface area (Å²) in [4.78, 5) is 0. The van der Waals surface area contributed by atoms with E-state index in [1.165, 1.54) is 19.3 Å². The largest absolute Gasteiger partial charge is 0.311 e. The molecule has 1 rings (SSSR count). The van der Waals surface area contributed by atoms with Crippen LogP contribution in [0.4, 0.5) is 0 Å². The Bertz CT molecular complexity index is 240. The summed E-state index contributed by atoms with van der Waals surface area (Å²) < 4.78 is 0. The Morgan fingerprint density at radius 2 is 1.82 bits per heavy atom. The van der Waals surface area contributed by atoms with Crippen LogP contribution in [-0.4, -0.2) is 23.2 Å². The highest BCUT2D eigenvalue weighted by molar-refractivity contribution is 5.00. The smallest absolute Gasteiger partial charge is 0.0144 e. The van der Waals surface area contributed by atoms with Crippen LogP contribution in [-0.2, 0) is 0 Å². The summed E-state index contributed by atoms with van der Waals surface area (Å²) >= 11 is 0. The second-order valence-electron chi connectivity index (χ2n) is 6.93. The summed E-state index contributed by atoms with van der Waals surface area (Å²) in [5.74, 6) is 0. The van der Waals surface area contributed by atoms with Crippen LogP contribution in [0.5, 0.6) is 0 Å². The van der Waals surface area contributed by atoms with Gasteiger partial charge in [0, 0.05) is 23.2 Å². The Hall–Kier alpha value is -0.340. The lowest BCUT2D eigenvalue weighted by molar-refractivity contribution is 0.140. The van der Waals surface area contributed by atoms with Crippen molar-refractivity contribution in [3.63, 3.8) is 0 Å². The van der Waals surface area contributed by atoms with E-state index >= 15 is 0 Å². The summed E-state index contributed by atoms with van der Waals surface area (Å²) in [5.41, 5.74) is 0.467. The van der Waals surface area contributed by atoms with Crippen molar-refractivity contribution in [1.82, 2.24) is 10.6 Å². The lowest BCUT2D eigenvalue weighted by Gasteiger charge is -2.47. The zero-order valence-corrected chi connectivity index (χ0v) is 12.3. The molecule has 0 spiro atoms. The summed E-state index contributed by atoms with van der Waals surface area (Å²) in [6.07, 6.45) is 6.71. The minimum Gasteiger partial charge on any atom is -0.311 e. The molecule has 100 valence electrons. The first-order valence-corrected chi connectivity index (χ1v) is 6.90. The van der Waals surface area contributed by atoms with E-state index in [1.54, 1.807) is 0 Å². The van der Waals surface area contributed by atoms with Crippen molar-refractivity contribution in [3.05, 3.63) is 12.7 Å². The van der Waals surface area contributed by atoms with E-state index in [4.69, 9.17) is 0 Å². The highest BCUT2D eigenvalue weighted by atomic mass is 15.1. The molecule has 1 atom stereocenters. The number of hydrogen-bond donors (Lipinski definition) is 2. The van der Waals surface area contributed by atoms with Crippen LogP contribution < -0.4 is 10.6 Å². The third-order valence-electron chi connectivity index (χ3n) is 3.51. The standard InChI is InChI=1S/C15H30N2/c1-7-8-9-12(2)16-13-10-14(3,4)17-15(5,6)11-13/h7,12-13,16-17H,1,8-11H2,2-6H3. The van der Waals surface area contributed by atoms with Crippen molar-refractivity contribution in [3.8, 4) is 0 Å². The van der Waals surface area contributed by atoms with Gasteiger partial charge in [-0.15, -0.1) is 6.58 Å². The fraction of sp³-hybridized carbons (Fsp3) is 0.867. The van der Waals surface area contributed by atoms with Gasteiger partial charge in [-0.05, 0) is 60.3 Å². The normalized spacial score (nSPS) is 25.5. The number of rotatable bonds is 5. The quantitative estimate of drug-likeness (QED) is 0.719. The van der Waals surface area contributed by atoms with E-state index in [0.717, 1.165) is 6.42 Å². The third kappa shape index (κ3) is 5.22. The highest BCUT2D eigenvalue weighted by Gasteiger charge is 2.37. The first-order valence-electron chi connectivity index (χ1n) is 6.90. The Morgan fingerprint density at radius 3 is 2.29 bits per heavy atom. The van der Waals surface area contributed by atoms with Crippen molar-refractivity contribution in [2.45, 2.75) is 83.5 Å². The van der Waals surface area contributed by atoms with Gasteiger partial charge in [0.2, 0.25) is 0 Å². The SMILES string of the molecule is C=CCCC(C)NC1CC(C)(C)NC(C)(C)C1. The zero-order chi connectivity index (χ0) is 13.1. The molecule has 1 heterocycles. The van der Waals surface area contributed by atoms with Gasteiger partial charge in [-0.1, -0.05) is 6.08 Å². The second kappa shape index (κ2) is 5.53. The summed E-state index contributed by atoms with van der Waals surface area (Å²) in [6.45, 7) is 15.3. The monoisotopic (exact) mass is 238 g/mol. The van der Waals surface area contributed by atoms with Crippen LogP contribution in [0.1, 0.15) is 60.3 Å². The van der Waals surface area contributed by atoms with Gasteiger partial charge in [0.25, 0.3) is 0 Å². The van der Waals surface area contributed by atoms with Gasteiger partial charge in [0.15, 0.2) is 0 Å². The molecular weight excluding hydrogens is 208 g/mol. The maximum absolute atomic E-state index is 3.79. The Morgan fingerprint density at radius 1 is 1.29 bits per heavy atom. The number of nitrogens with one attached hydrogen (secondary N) is 2. The molecule has 0 amide bonds. The van der Waals surface area contributed by atoms with E-state index in [-0.39, 0.29) is 11.1 Å². The molecule has 0 radical (unpaired) electrons. The molecule has 1 saturated heterocycles. The number of allylic oxidation sites excluding steroid dienone is 1. The molecular formula is C15H30N2. The van der Waals surface area contributed by atoms with Gasteiger partial charge in [-0.3, -0.25) is 0 Å². The molecule has 0 aromatic heterocycles. The van der Waals surface area contributed by atoms with E-state index in [0.29, 0.717) is 12.1 Å². The maximum Gasteiger partial charge on any atom is 0.0144 e. The molecule has 2 nitrogen and oxygen atoms in total. The fourth-order valence-electron chi connectivity index (χ4n) is 3.29. The first-order chi connectivity index (χ1) is 7.74. The topological polar surface area (TPSA) is 24.1 Å². The lowest BCUT2D eigenvalue weighted by atomic mass is 9.79. The molecule has 2 heteroatoms. The van der Waals surface area contributed by atoms with E-state index in [2.05, 4.69) is 51.8 Å². The number of piperidine rings is 1.